The van der Waals surface area contributed by atoms with Crippen molar-refractivity contribution in [2.24, 2.45) is 5.92 Å². The van der Waals surface area contributed by atoms with E-state index in [0.717, 1.165) is 30.2 Å². The van der Waals surface area contributed by atoms with E-state index in [1.807, 2.05) is 0 Å². The van der Waals surface area contributed by atoms with Crippen LogP contribution in [0.25, 0.3) is 0 Å². The minimum Gasteiger partial charge on any atom is -0.480 e. The van der Waals surface area contributed by atoms with E-state index in [4.69, 9.17) is 0 Å². The van der Waals surface area contributed by atoms with Crippen molar-refractivity contribution in [3.63, 3.8) is 0 Å². The summed E-state index contributed by atoms with van der Waals surface area (Å²) in [6, 6.07) is 2.74. The van der Waals surface area contributed by atoms with Crippen LogP contribution in [0.3, 0.4) is 0 Å². The molecule has 2 fully saturated rings. The highest BCUT2D eigenvalue weighted by Gasteiger charge is 2.47. The second-order valence-electron chi connectivity index (χ2n) is 5.78. The molecule has 0 aromatic carbocycles. The Bertz CT molecular complexity index is 561. The van der Waals surface area contributed by atoms with Gasteiger partial charge in [0, 0.05) is 16.7 Å². The summed E-state index contributed by atoms with van der Waals surface area (Å²) in [5, 5.41) is 9.45. The largest absolute Gasteiger partial charge is 0.480 e. The zero-order valence-corrected chi connectivity index (χ0v) is 13.1. The summed E-state index contributed by atoms with van der Waals surface area (Å²) in [4.78, 5) is 29.9. The van der Waals surface area contributed by atoms with Gasteiger partial charge in [-0.1, -0.05) is 12.8 Å². The van der Waals surface area contributed by atoms with Crippen LogP contribution in [0, 0.1) is 5.92 Å². The first-order valence-electron chi connectivity index (χ1n) is 7.25. The van der Waals surface area contributed by atoms with Crippen molar-refractivity contribution in [2.75, 3.05) is 0 Å². The lowest BCUT2D eigenvalue weighted by atomic mass is 9.84. The van der Waals surface area contributed by atoms with Crippen LogP contribution in [-0.4, -0.2) is 39.0 Å². The van der Waals surface area contributed by atoms with E-state index in [0.29, 0.717) is 18.0 Å². The molecule has 3 rings (SSSR count). The highest BCUT2D eigenvalue weighted by atomic mass is 79.9. The fourth-order valence-electron chi connectivity index (χ4n) is 3.61. The molecule has 3 atom stereocenters. The van der Waals surface area contributed by atoms with Gasteiger partial charge in [0.15, 0.2) is 0 Å². The minimum atomic E-state index is -0.908. The number of nitrogens with zero attached hydrogens (tertiary/aromatic N) is 2. The summed E-state index contributed by atoms with van der Waals surface area (Å²) in [5.41, 5.74) is 0.315. The van der Waals surface area contributed by atoms with Crippen molar-refractivity contribution in [3.8, 4) is 0 Å². The number of fused-ring (bicyclic) bond motifs is 1. The number of carboxylic acids is 1. The molecule has 1 amide bonds. The molecule has 1 aromatic rings. The van der Waals surface area contributed by atoms with Gasteiger partial charge in [0.2, 0.25) is 0 Å². The molecule has 2 heterocycles. The molecule has 1 aliphatic carbocycles. The Morgan fingerprint density at radius 2 is 2.05 bits per heavy atom. The van der Waals surface area contributed by atoms with Gasteiger partial charge in [0.05, 0.1) is 0 Å². The number of hydrogen-bond acceptors (Lipinski definition) is 3. The van der Waals surface area contributed by atoms with E-state index < -0.39 is 12.0 Å². The average Bonchev–Trinajstić information content (AvgIpc) is 2.87. The minimum absolute atomic E-state index is 0.0535. The van der Waals surface area contributed by atoms with Crippen molar-refractivity contribution >= 4 is 27.8 Å². The normalized spacial score (nSPS) is 28.2. The molecule has 1 saturated heterocycles. The second kappa shape index (κ2) is 5.75. The van der Waals surface area contributed by atoms with Crippen molar-refractivity contribution in [1.82, 2.24) is 9.88 Å². The summed E-state index contributed by atoms with van der Waals surface area (Å²) < 4.78 is 0.797. The first kappa shape index (κ1) is 14.5. The monoisotopic (exact) mass is 352 g/mol. The summed E-state index contributed by atoms with van der Waals surface area (Å²) in [6.45, 7) is 0. The van der Waals surface area contributed by atoms with Gasteiger partial charge < -0.3 is 10.0 Å². The molecule has 1 N–H and O–H groups in total. The fourth-order valence-corrected chi connectivity index (χ4v) is 3.84. The lowest BCUT2D eigenvalue weighted by molar-refractivity contribution is -0.141. The van der Waals surface area contributed by atoms with Gasteiger partial charge in [0.1, 0.15) is 11.7 Å². The molecular formula is C15H17BrN2O3. The van der Waals surface area contributed by atoms with E-state index >= 15 is 0 Å². The Hall–Kier alpha value is -1.43. The third-order valence-corrected chi connectivity index (χ3v) is 5.02. The lowest BCUT2D eigenvalue weighted by Crippen LogP contribution is -2.46. The van der Waals surface area contributed by atoms with E-state index in [1.54, 1.807) is 23.2 Å². The second-order valence-corrected chi connectivity index (χ2v) is 6.69. The first-order valence-corrected chi connectivity index (χ1v) is 8.04. The van der Waals surface area contributed by atoms with Crippen LogP contribution in [-0.2, 0) is 4.79 Å². The van der Waals surface area contributed by atoms with Crippen molar-refractivity contribution in [2.45, 2.75) is 44.2 Å². The number of hydrogen-bond donors (Lipinski definition) is 1. The quantitative estimate of drug-likeness (QED) is 0.888. The molecule has 3 unspecified atom stereocenters. The van der Waals surface area contributed by atoms with Crippen LogP contribution in [0.1, 0.15) is 42.6 Å². The third-order valence-electron chi connectivity index (χ3n) is 4.55. The molecule has 2 aliphatic rings. The number of amides is 1. The summed E-state index contributed by atoms with van der Waals surface area (Å²) >= 11 is 3.29. The number of likely N-dealkylation sites (tertiary alicyclic amines) is 1. The van der Waals surface area contributed by atoms with Crippen LogP contribution in [0.5, 0.6) is 0 Å². The molecule has 0 spiro atoms. The third kappa shape index (κ3) is 2.69. The van der Waals surface area contributed by atoms with E-state index in [1.165, 1.54) is 0 Å². The molecular weight excluding hydrogens is 336 g/mol. The van der Waals surface area contributed by atoms with Gasteiger partial charge in [0.25, 0.3) is 5.91 Å². The van der Waals surface area contributed by atoms with Crippen LogP contribution >= 0.6 is 15.9 Å². The molecule has 21 heavy (non-hydrogen) atoms. The molecule has 6 heteroatoms. The van der Waals surface area contributed by atoms with Crippen LogP contribution < -0.4 is 0 Å². The number of carbonyl (C=O) groups excluding carboxylic acids is 1. The predicted molar refractivity (Wildman–Crippen MR) is 79.9 cm³/mol. The number of pyridine rings is 1. The molecule has 1 aliphatic heterocycles. The van der Waals surface area contributed by atoms with E-state index in [2.05, 4.69) is 20.9 Å². The maximum Gasteiger partial charge on any atom is 0.326 e. The highest BCUT2D eigenvalue weighted by Crippen LogP contribution is 2.40. The van der Waals surface area contributed by atoms with Gasteiger partial charge in [-0.05, 0) is 53.2 Å². The molecule has 0 radical (unpaired) electrons. The SMILES string of the molecule is O=C(O)C1CC2CCCCC2N1C(=O)c1ccc(Br)cn1. The Kier molecular flexibility index (Phi) is 3.97. The average molecular weight is 353 g/mol. The van der Waals surface area contributed by atoms with Crippen molar-refractivity contribution in [3.05, 3.63) is 28.5 Å². The predicted octanol–water partition coefficient (Wildman–Crippen LogP) is 2.70. The van der Waals surface area contributed by atoms with Crippen LogP contribution in [0.4, 0.5) is 0 Å². The zero-order chi connectivity index (χ0) is 15.0. The Morgan fingerprint density at radius 3 is 2.71 bits per heavy atom. The maximum atomic E-state index is 12.7. The molecule has 0 bridgehead atoms. The topological polar surface area (TPSA) is 70.5 Å². The van der Waals surface area contributed by atoms with E-state index in [9.17, 15) is 14.7 Å². The summed E-state index contributed by atoms with van der Waals surface area (Å²) in [6.07, 6.45) is 6.25. The Labute approximate surface area is 131 Å². The molecule has 1 aromatic heterocycles. The number of carbonyl (C=O) groups is 2. The first-order chi connectivity index (χ1) is 10.1. The number of aromatic nitrogens is 1. The fraction of sp³-hybridized carbons (Fsp3) is 0.533. The molecule has 5 nitrogen and oxygen atoms in total. The summed E-state index contributed by atoms with van der Waals surface area (Å²) in [5.74, 6) is -0.849. The van der Waals surface area contributed by atoms with Gasteiger partial charge >= 0.3 is 5.97 Å². The van der Waals surface area contributed by atoms with Crippen LogP contribution in [0.15, 0.2) is 22.8 Å². The standard InChI is InChI=1S/C15H17BrN2O3/c16-10-5-6-11(17-8-10)14(19)18-12-4-2-1-3-9(12)7-13(18)15(20)21/h5-6,8-9,12-13H,1-4,7H2,(H,20,21). The molecule has 1 saturated carbocycles. The van der Waals surface area contributed by atoms with E-state index in [-0.39, 0.29) is 11.9 Å². The lowest BCUT2D eigenvalue weighted by Gasteiger charge is -2.32. The Morgan fingerprint density at radius 1 is 1.29 bits per heavy atom. The Balaban J connectivity index is 1.90. The van der Waals surface area contributed by atoms with Crippen molar-refractivity contribution in [1.29, 1.82) is 0 Å². The smallest absolute Gasteiger partial charge is 0.326 e. The maximum absolute atomic E-state index is 12.7. The zero-order valence-electron chi connectivity index (χ0n) is 11.5. The number of carboxylic acid groups (broad SMARTS) is 1. The van der Waals surface area contributed by atoms with Gasteiger partial charge in [-0.25, -0.2) is 9.78 Å². The summed E-state index contributed by atoms with van der Waals surface area (Å²) in [7, 11) is 0. The number of halogens is 1. The van der Waals surface area contributed by atoms with Gasteiger partial charge in [-0.2, -0.15) is 0 Å². The van der Waals surface area contributed by atoms with Gasteiger partial charge in [-0.3, -0.25) is 4.79 Å². The number of aliphatic carboxylic acids is 1. The van der Waals surface area contributed by atoms with Crippen molar-refractivity contribution < 1.29 is 14.7 Å². The molecule has 112 valence electrons. The van der Waals surface area contributed by atoms with Crippen LogP contribution in [0.2, 0.25) is 0 Å². The van der Waals surface area contributed by atoms with Gasteiger partial charge in [-0.15, -0.1) is 0 Å². The number of rotatable bonds is 2. The highest BCUT2D eigenvalue weighted by molar-refractivity contribution is 9.10.